The molecule has 0 bridgehead atoms. The summed E-state index contributed by atoms with van der Waals surface area (Å²) in [6, 6.07) is 5.42. The number of halogens is 2. The number of alkyl halides is 1. The van der Waals surface area contributed by atoms with Crippen molar-refractivity contribution in [2.45, 2.75) is 0 Å². The number of carbonyl (C=O) groups excluding carboxylic acids is 1. The van der Waals surface area contributed by atoms with E-state index in [-0.39, 0.29) is 11.8 Å². The number of hydrogen-bond donors (Lipinski definition) is 1. The monoisotopic (exact) mass is 260 g/mol. The molecular formula is C9H6Cl2N2OS. The zero-order chi connectivity index (χ0) is 10.8. The fraction of sp³-hybridized carbons (Fsp3) is 0.111. The number of nitrogens with zero attached hydrogens (tertiary/aromatic N) is 1. The Labute approximate surface area is 100 Å². The molecule has 0 unspecified atom stereocenters. The molecule has 1 heterocycles. The van der Waals surface area contributed by atoms with Crippen molar-refractivity contribution in [2.24, 2.45) is 0 Å². The van der Waals surface area contributed by atoms with Crippen molar-refractivity contribution >= 4 is 56.5 Å². The van der Waals surface area contributed by atoms with Crippen molar-refractivity contribution in [1.29, 1.82) is 0 Å². The van der Waals surface area contributed by atoms with E-state index in [1.54, 1.807) is 12.1 Å². The highest BCUT2D eigenvalue weighted by Crippen LogP contribution is 2.29. The van der Waals surface area contributed by atoms with Crippen LogP contribution in [0.1, 0.15) is 0 Å². The van der Waals surface area contributed by atoms with E-state index in [2.05, 4.69) is 9.69 Å². The number of amides is 1. The number of rotatable bonds is 2. The highest BCUT2D eigenvalue weighted by Gasteiger charge is 2.08. The van der Waals surface area contributed by atoms with Gasteiger partial charge in [-0.25, -0.2) is 0 Å². The molecule has 6 heteroatoms. The summed E-state index contributed by atoms with van der Waals surface area (Å²) < 4.78 is 5.09. The van der Waals surface area contributed by atoms with Gasteiger partial charge in [0.25, 0.3) is 0 Å². The number of nitrogens with one attached hydrogen (secondary N) is 1. The summed E-state index contributed by atoms with van der Waals surface area (Å²) >= 11 is 12.6. The van der Waals surface area contributed by atoms with Gasteiger partial charge in [0, 0.05) is 10.4 Å². The first kappa shape index (κ1) is 10.7. The Bertz CT molecular complexity index is 512. The predicted octanol–water partition coefficient (Wildman–Crippen LogP) is 3.13. The Morgan fingerprint density at radius 2 is 2.33 bits per heavy atom. The normalized spacial score (nSPS) is 10.5. The van der Waals surface area contributed by atoms with Crippen LogP contribution in [0.4, 0.5) is 5.82 Å². The van der Waals surface area contributed by atoms with Crippen molar-refractivity contribution in [3.05, 3.63) is 23.2 Å². The van der Waals surface area contributed by atoms with E-state index in [1.165, 1.54) is 11.5 Å². The Hall–Kier alpha value is -0.840. The molecule has 0 aliphatic carbocycles. The lowest BCUT2D eigenvalue weighted by Crippen LogP contribution is -2.12. The minimum absolute atomic E-state index is 0.0837. The van der Waals surface area contributed by atoms with Crippen LogP contribution in [0.5, 0.6) is 0 Å². The Balaban J connectivity index is 2.43. The zero-order valence-corrected chi connectivity index (χ0v) is 9.79. The largest absolute Gasteiger partial charge is 0.308 e. The van der Waals surface area contributed by atoms with Crippen LogP contribution in [0.15, 0.2) is 18.2 Å². The molecule has 0 spiro atoms. The fourth-order valence-electron chi connectivity index (χ4n) is 1.17. The van der Waals surface area contributed by atoms with Crippen LogP contribution < -0.4 is 5.32 Å². The lowest BCUT2D eigenvalue weighted by Gasteiger charge is -1.98. The van der Waals surface area contributed by atoms with Gasteiger partial charge in [-0.05, 0) is 29.7 Å². The molecule has 0 aliphatic heterocycles. The molecular weight excluding hydrogens is 255 g/mol. The van der Waals surface area contributed by atoms with Gasteiger partial charge in [-0.1, -0.05) is 11.6 Å². The van der Waals surface area contributed by atoms with Crippen LogP contribution in [0.3, 0.4) is 0 Å². The lowest BCUT2D eigenvalue weighted by atomic mass is 10.2. The number of hydrogen-bond acceptors (Lipinski definition) is 3. The molecule has 15 heavy (non-hydrogen) atoms. The van der Waals surface area contributed by atoms with E-state index >= 15 is 0 Å². The molecule has 0 saturated carbocycles. The van der Waals surface area contributed by atoms with E-state index in [9.17, 15) is 4.79 Å². The predicted molar refractivity (Wildman–Crippen MR) is 64.0 cm³/mol. The summed E-state index contributed by atoms with van der Waals surface area (Å²) in [5.74, 6) is 0.159. The van der Waals surface area contributed by atoms with Crippen molar-refractivity contribution in [3.8, 4) is 0 Å². The maximum atomic E-state index is 11.1. The third kappa shape index (κ3) is 2.22. The van der Waals surface area contributed by atoms with Gasteiger partial charge in [-0.15, -0.1) is 11.6 Å². The van der Waals surface area contributed by atoms with Gasteiger partial charge in [-0.3, -0.25) is 4.79 Å². The molecule has 0 atom stereocenters. The molecule has 0 saturated heterocycles. The molecule has 0 fully saturated rings. The number of fused-ring (bicyclic) bond motifs is 1. The van der Waals surface area contributed by atoms with Gasteiger partial charge < -0.3 is 5.32 Å². The number of aromatic nitrogens is 1. The molecule has 1 aromatic heterocycles. The van der Waals surface area contributed by atoms with Crippen LogP contribution in [0, 0.1) is 0 Å². The van der Waals surface area contributed by atoms with Crippen LogP contribution in [0.25, 0.3) is 10.1 Å². The maximum absolute atomic E-state index is 11.1. The molecule has 1 N–H and O–H groups in total. The third-order valence-electron chi connectivity index (χ3n) is 1.81. The van der Waals surface area contributed by atoms with Crippen LogP contribution >= 0.6 is 34.7 Å². The average molecular weight is 261 g/mol. The summed E-state index contributed by atoms with van der Waals surface area (Å²) in [5, 5.41) is 4.07. The highest BCUT2D eigenvalue weighted by atomic mass is 35.5. The summed E-state index contributed by atoms with van der Waals surface area (Å²) in [5.41, 5.74) is 0. The molecule has 78 valence electrons. The molecule has 2 rings (SSSR count). The Kier molecular flexibility index (Phi) is 3.09. The SMILES string of the molecule is O=C(CCl)Nc1nsc2ccc(Cl)cc12. The van der Waals surface area contributed by atoms with Gasteiger partial charge in [0.15, 0.2) is 5.82 Å². The van der Waals surface area contributed by atoms with Crippen molar-refractivity contribution in [2.75, 3.05) is 11.2 Å². The van der Waals surface area contributed by atoms with Crippen molar-refractivity contribution in [1.82, 2.24) is 4.37 Å². The number of anilines is 1. The summed E-state index contributed by atoms with van der Waals surface area (Å²) in [4.78, 5) is 11.1. The van der Waals surface area contributed by atoms with Crippen LogP contribution in [-0.4, -0.2) is 16.2 Å². The van der Waals surface area contributed by atoms with Gasteiger partial charge in [0.05, 0.1) is 4.70 Å². The summed E-state index contributed by atoms with van der Waals surface area (Å²) in [7, 11) is 0. The second-order valence-electron chi connectivity index (χ2n) is 2.85. The Morgan fingerprint density at radius 3 is 3.07 bits per heavy atom. The first-order chi connectivity index (χ1) is 7.20. The maximum Gasteiger partial charge on any atom is 0.240 e. The second kappa shape index (κ2) is 4.35. The van der Waals surface area contributed by atoms with E-state index in [4.69, 9.17) is 23.2 Å². The minimum atomic E-state index is -0.274. The van der Waals surface area contributed by atoms with Gasteiger partial charge in [0.1, 0.15) is 5.88 Å². The van der Waals surface area contributed by atoms with Crippen LogP contribution in [-0.2, 0) is 4.79 Å². The third-order valence-corrected chi connectivity index (χ3v) is 3.12. The standard InChI is InChI=1S/C9H6Cl2N2OS/c10-4-8(14)12-9-6-3-5(11)1-2-7(6)15-13-9/h1-3H,4H2,(H,12,13,14). The molecule has 1 aromatic carbocycles. The minimum Gasteiger partial charge on any atom is -0.308 e. The smallest absolute Gasteiger partial charge is 0.240 e. The zero-order valence-electron chi connectivity index (χ0n) is 7.46. The van der Waals surface area contributed by atoms with Gasteiger partial charge in [-0.2, -0.15) is 4.37 Å². The number of carbonyl (C=O) groups is 1. The molecule has 2 aromatic rings. The van der Waals surface area contributed by atoms with Crippen molar-refractivity contribution in [3.63, 3.8) is 0 Å². The molecule has 0 radical (unpaired) electrons. The van der Waals surface area contributed by atoms with E-state index in [1.807, 2.05) is 6.07 Å². The first-order valence-electron chi connectivity index (χ1n) is 4.11. The topological polar surface area (TPSA) is 42.0 Å². The summed E-state index contributed by atoms with van der Waals surface area (Å²) in [6.45, 7) is 0. The Morgan fingerprint density at radius 1 is 1.53 bits per heavy atom. The molecule has 3 nitrogen and oxygen atoms in total. The first-order valence-corrected chi connectivity index (χ1v) is 5.80. The van der Waals surface area contributed by atoms with E-state index in [0.29, 0.717) is 10.8 Å². The second-order valence-corrected chi connectivity index (χ2v) is 4.36. The average Bonchev–Trinajstić information content (AvgIpc) is 2.61. The summed E-state index contributed by atoms with van der Waals surface area (Å²) in [6.07, 6.45) is 0. The van der Waals surface area contributed by atoms with Crippen LogP contribution in [0.2, 0.25) is 5.02 Å². The lowest BCUT2D eigenvalue weighted by molar-refractivity contribution is -0.113. The van der Waals surface area contributed by atoms with E-state index in [0.717, 1.165) is 10.1 Å². The van der Waals surface area contributed by atoms with Gasteiger partial charge in [0.2, 0.25) is 5.91 Å². The van der Waals surface area contributed by atoms with Crippen molar-refractivity contribution < 1.29 is 4.79 Å². The molecule has 1 amide bonds. The number of benzene rings is 1. The van der Waals surface area contributed by atoms with Gasteiger partial charge >= 0.3 is 0 Å². The molecule has 0 aliphatic rings. The fourth-order valence-corrected chi connectivity index (χ4v) is 2.12. The van der Waals surface area contributed by atoms with E-state index < -0.39 is 0 Å². The highest BCUT2D eigenvalue weighted by molar-refractivity contribution is 7.13. The quantitative estimate of drug-likeness (QED) is 0.844.